The van der Waals surface area contributed by atoms with Crippen LogP contribution < -0.4 is 0 Å². The molecule has 0 saturated heterocycles. The number of aromatic nitrogens is 2. The van der Waals surface area contributed by atoms with Gasteiger partial charge in [0.2, 0.25) is 5.91 Å². The van der Waals surface area contributed by atoms with Gasteiger partial charge < -0.3 is 15.1 Å². The number of aryl methyl sites for hydroxylation is 1. The van der Waals surface area contributed by atoms with Crippen molar-refractivity contribution in [1.29, 1.82) is 0 Å². The van der Waals surface area contributed by atoms with Crippen LogP contribution in [0.25, 0.3) is 0 Å². The first-order valence-electron chi connectivity index (χ1n) is 8.90. The summed E-state index contributed by atoms with van der Waals surface area (Å²) in [7, 11) is 0. The molecule has 27 heavy (non-hydrogen) atoms. The number of nitrogens with zero attached hydrogens (tertiary/aromatic N) is 3. The normalized spacial score (nSPS) is 15.1. The van der Waals surface area contributed by atoms with Gasteiger partial charge in [-0.25, -0.2) is 4.39 Å². The van der Waals surface area contributed by atoms with Gasteiger partial charge in [0.1, 0.15) is 11.9 Å². The molecule has 0 saturated carbocycles. The lowest BCUT2D eigenvalue weighted by Gasteiger charge is -2.19. The van der Waals surface area contributed by atoms with E-state index in [1.165, 1.54) is 24.3 Å². The molecule has 0 aliphatic carbocycles. The summed E-state index contributed by atoms with van der Waals surface area (Å²) in [4.78, 5) is 26.4. The Hall–Kier alpha value is -2.58. The molecule has 1 amide bonds. The van der Waals surface area contributed by atoms with Gasteiger partial charge >= 0.3 is 0 Å². The molecule has 0 spiro atoms. The van der Waals surface area contributed by atoms with E-state index in [2.05, 4.69) is 5.10 Å². The van der Waals surface area contributed by atoms with Crippen LogP contribution >= 0.6 is 0 Å². The molecule has 1 atom stereocenters. The third-order valence-corrected chi connectivity index (χ3v) is 4.63. The Morgan fingerprint density at radius 1 is 1.19 bits per heavy atom. The molecule has 0 radical (unpaired) electrons. The molecule has 144 valence electrons. The second kappa shape index (κ2) is 8.41. The van der Waals surface area contributed by atoms with Gasteiger partial charge in [0.15, 0.2) is 5.78 Å². The van der Waals surface area contributed by atoms with Crippen LogP contribution in [-0.2, 0) is 17.9 Å². The molecule has 0 bridgehead atoms. The van der Waals surface area contributed by atoms with Crippen molar-refractivity contribution in [2.24, 2.45) is 0 Å². The largest absolute Gasteiger partial charge is 0.393 e. The highest BCUT2D eigenvalue weighted by Crippen LogP contribution is 2.19. The van der Waals surface area contributed by atoms with Crippen LogP contribution in [0.3, 0.4) is 0 Å². The average molecular weight is 375 g/mol. The summed E-state index contributed by atoms with van der Waals surface area (Å²) in [6.07, 6.45) is -0.187. The number of hydrogen-bond donors (Lipinski definition) is 2. The summed E-state index contributed by atoms with van der Waals surface area (Å²) < 4.78 is 14.7. The molecule has 3 rings (SSSR count). The Morgan fingerprint density at radius 2 is 1.93 bits per heavy atom. The number of fused-ring (bicyclic) bond motifs is 1. The fraction of sp³-hybridized carbons (Fsp3) is 0.421. The summed E-state index contributed by atoms with van der Waals surface area (Å²) in [5.41, 5.74) is 1.56. The molecule has 7 nitrogen and oxygen atoms in total. The number of amides is 1. The SMILES string of the molecule is O=C(CCC(=O)N1CCCn2nc(C(O)CO)cc2C1)c1ccc(F)cc1. The van der Waals surface area contributed by atoms with Crippen molar-refractivity contribution in [1.82, 2.24) is 14.7 Å². The molecule has 2 N–H and O–H groups in total. The van der Waals surface area contributed by atoms with Gasteiger partial charge in [0.25, 0.3) is 0 Å². The predicted octanol–water partition coefficient (Wildman–Crippen LogP) is 1.44. The van der Waals surface area contributed by atoms with E-state index in [9.17, 15) is 19.1 Å². The number of aliphatic hydroxyl groups excluding tert-OH is 2. The monoisotopic (exact) mass is 375 g/mol. The molecular formula is C19H22FN3O4. The topological polar surface area (TPSA) is 95.7 Å². The van der Waals surface area contributed by atoms with Gasteiger partial charge in [-0.2, -0.15) is 5.10 Å². The van der Waals surface area contributed by atoms with E-state index in [0.717, 1.165) is 5.69 Å². The molecule has 1 aliphatic rings. The summed E-state index contributed by atoms with van der Waals surface area (Å²) in [5, 5.41) is 23.1. The van der Waals surface area contributed by atoms with E-state index < -0.39 is 18.5 Å². The minimum absolute atomic E-state index is 0.0642. The Labute approximate surface area is 156 Å². The third-order valence-electron chi connectivity index (χ3n) is 4.63. The van der Waals surface area contributed by atoms with Gasteiger partial charge in [-0.15, -0.1) is 0 Å². The number of aliphatic hydroxyl groups is 2. The molecule has 1 aliphatic heterocycles. The summed E-state index contributed by atoms with van der Waals surface area (Å²) in [6.45, 7) is 1.11. The van der Waals surface area contributed by atoms with Gasteiger partial charge in [0.05, 0.1) is 24.5 Å². The van der Waals surface area contributed by atoms with Gasteiger partial charge in [0, 0.05) is 31.5 Å². The summed E-state index contributed by atoms with van der Waals surface area (Å²) in [5.74, 6) is -0.740. The zero-order valence-electron chi connectivity index (χ0n) is 14.8. The van der Waals surface area contributed by atoms with E-state index in [1.54, 1.807) is 15.6 Å². The summed E-state index contributed by atoms with van der Waals surface area (Å²) in [6, 6.07) is 6.98. The molecule has 1 aromatic carbocycles. The zero-order chi connectivity index (χ0) is 19.4. The van der Waals surface area contributed by atoms with Crippen LogP contribution in [0.4, 0.5) is 4.39 Å². The molecule has 2 aromatic rings. The Bertz CT molecular complexity index is 819. The maximum atomic E-state index is 12.9. The van der Waals surface area contributed by atoms with Crippen molar-refractivity contribution < 1.29 is 24.2 Å². The van der Waals surface area contributed by atoms with E-state index in [4.69, 9.17) is 5.11 Å². The van der Waals surface area contributed by atoms with Crippen molar-refractivity contribution in [2.75, 3.05) is 13.2 Å². The number of ketones is 1. The minimum Gasteiger partial charge on any atom is -0.393 e. The van der Waals surface area contributed by atoms with Crippen molar-refractivity contribution in [3.8, 4) is 0 Å². The quantitative estimate of drug-likeness (QED) is 0.745. The van der Waals surface area contributed by atoms with Crippen LogP contribution in [-0.4, -0.2) is 49.7 Å². The number of Topliss-reactive ketones (excluding diaryl/α,β-unsaturated/α-hetero) is 1. The number of halogens is 1. The molecule has 1 unspecified atom stereocenters. The standard InChI is InChI=1S/C19H22FN3O4/c20-14-4-2-13(3-5-14)17(25)6-7-19(27)22-8-1-9-23-15(11-22)10-16(21-23)18(26)12-24/h2-5,10,18,24,26H,1,6-9,11-12H2. The molecule has 8 heteroatoms. The maximum absolute atomic E-state index is 12.9. The van der Waals surface area contributed by atoms with Crippen molar-refractivity contribution in [2.45, 2.75) is 38.5 Å². The average Bonchev–Trinajstić information content (AvgIpc) is 2.97. The number of hydrogen-bond acceptors (Lipinski definition) is 5. The van der Waals surface area contributed by atoms with Crippen molar-refractivity contribution >= 4 is 11.7 Å². The lowest BCUT2D eigenvalue weighted by molar-refractivity contribution is -0.131. The molecule has 2 heterocycles. The van der Waals surface area contributed by atoms with Crippen LogP contribution in [0, 0.1) is 5.82 Å². The highest BCUT2D eigenvalue weighted by atomic mass is 19.1. The van der Waals surface area contributed by atoms with E-state index >= 15 is 0 Å². The van der Waals surface area contributed by atoms with Gasteiger partial charge in [-0.05, 0) is 36.8 Å². The Balaban J connectivity index is 1.60. The smallest absolute Gasteiger partial charge is 0.223 e. The highest BCUT2D eigenvalue weighted by molar-refractivity contribution is 5.97. The predicted molar refractivity (Wildman–Crippen MR) is 94.3 cm³/mol. The lowest BCUT2D eigenvalue weighted by Crippen LogP contribution is -2.31. The molecule has 1 aromatic heterocycles. The Kier molecular flexibility index (Phi) is 5.98. The van der Waals surface area contributed by atoms with Crippen LogP contribution in [0.2, 0.25) is 0 Å². The third kappa shape index (κ3) is 4.58. The lowest BCUT2D eigenvalue weighted by atomic mass is 10.1. The number of rotatable bonds is 6. The summed E-state index contributed by atoms with van der Waals surface area (Å²) >= 11 is 0. The molecular weight excluding hydrogens is 353 g/mol. The fourth-order valence-corrected chi connectivity index (χ4v) is 3.11. The number of carbonyl (C=O) groups is 2. The van der Waals surface area contributed by atoms with Crippen LogP contribution in [0.5, 0.6) is 0 Å². The maximum Gasteiger partial charge on any atom is 0.223 e. The van der Waals surface area contributed by atoms with Gasteiger partial charge in [-0.1, -0.05) is 0 Å². The van der Waals surface area contributed by atoms with E-state index in [-0.39, 0.29) is 24.5 Å². The van der Waals surface area contributed by atoms with Crippen LogP contribution in [0.15, 0.2) is 30.3 Å². The van der Waals surface area contributed by atoms with Crippen molar-refractivity contribution in [3.05, 3.63) is 53.1 Å². The molecule has 0 fully saturated rings. The second-order valence-corrected chi connectivity index (χ2v) is 6.58. The zero-order valence-corrected chi connectivity index (χ0v) is 14.8. The Morgan fingerprint density at radius 3 is 2.63 bits per heavy atom. The minimum atomic E-state index is -1.04. The van der Waals surface area contributed by atoms with E-state index in [0.29, 0.717) is 37.3 Å². The fourth-order valence-electron chi connectivity index (χ4n) is 3.11. The van der Waals surface area contributed by atoms with Crippen LogP contribution in [0.1, 0.15) is 47.1 Å². The van der Waals surface area contributed by atoms with E-state index in [1.807, 2.05) is 0 Å². The highest BCUT2D eigenvalue weighted by Gasteiger charge is 2.22. The first-order chi connectivity index (χ1) is 13.0. The number of carbonyl (C=O) groups excluding carboxylic acids is 2. The first kappa shape index (κ1) is 19.2. The van der Waals surface area contributed by atoms with Gasteiger partial charge in [-0.3, -0.25) is 14.3 Å². The van der Waals surface area contributed by atoms with Crippen molar-refractivity contribution in [3.63, 3.8) is 0 Å². The second-order valence-electron chi connectivity index (χ2n) is 6.58. The number of benzene rings is 1. The first-order valence-corrected chi connectivity index (χ1v) is 8.90.